The second kappa shape index (κ2) is 10.2. The van der Waals surface area contributed by atoms with Gasteiger partial charge in [-0.05, 0) is 37.9 Å². The fourth-order valence-corrected chi connectivity index (χ4v) is 4.67. The molecule has 1 heterocycles. The third-order valence-electron chi connectivity index (χ3n) is 4.26. The number of rotatable bonds is 7. The van der Waals surface area contributed by atoms with E-state index in [4.69, 9.17) is 0 Å². The Morgan fingerprint density at radius 1 is 1.07 bits per heavy atom. The predicted molar refractivity (Wildman–Crippen MR) is 126 cm³/mol. The van der Waals surface area contributed by atoms with Gasteiger partial charge in [0.25, 0.3) is 5.91 Å². The molecule has 0 unspecified atom stereocenters. The van der Waals surface area contributed by atoms with Crippen molar-refractivity contribution >= 4 is 60.9 Å². The Bertz CT molecular complexity index is 1140. The summed E-state index contributed by atoms with van der Waals surface area (Å²) < 4.78 is 24.9. The maximum atomic E-state index is 13.0. The van der Waals surface area contributed by atoms with Crippen LogP contribution in [0.3, 0.4) is 0 Å². The average Bonchev–Trinajstić information content (AvgIpc) is 3.10. The number of para-hydroxylation sites is 1. The van der Waals surface area contributed by atoms with Crippen molar-refractivity contribution in [1.82, 2.24) is 9.88 Å². The summed E-state index contributed by atoms with van der Waals surface area (Å²) in [6.07, 6.45) is 4.45. The number of likely N-dealkylation sites (N-methyl/N-ethyl adjacent to an activating group) is 1. The predicted octanol–water partition coefficient (Wildman–Crippen LogP) is 3.73. The minimum absolute atomic E-state index is 0. The second-order valence-corrected chi connectivity index (χ2v) is 9.90. The van der Waals surface area contributed by atoms with E-state index in [-0.39, 0.29) is 23.2 Å². The molecular formula is C21H24ClN3O3S2. The molecule has 0 spiro atoms. The molecule has 0 radical (unpaired) electrons. The van der Waals surface area contributed by atoms with E-state index in [9.17, 15) is 13.2 Å². The topological polar surface area (TPSA) is 70.6 Å². The fourth-order valence-electron chi connectivity index (χ4n) is 2.75. The molecule has 9 heteroatoms. The molecule has 0 aliphatic rings. The number of anilines is 1. The summed E-state index contributed by atoms with van der Waals surface area (Å²) in [6.45, 7) is 1.10. The summed E-state index contributed by atoms with van der Waals surface area (Å²) in [5.41, 5.74) is 1.33. The summed E-state index contributed by atoms with van der Waals surface area (Å²) in [5, 5.41) is 0.487. The summed E-state index contributed by atoms with van der Waals surface area (Å²) in [5.74, 6) is -0.198. The highest BCUT2D eigenvalue weighted by atomic mass is 35.5. The maximum absolute atomic E-state index is 13.0. The van der Waals surface area contributed by atoms with Crippen LogP contribution in [0.4, 0.5) is 5.13 Å². The minimum atomic E-state index is -3.42. The second-order valence-electron chi connectivity index (χ2n) is 6.91. The van der Waals surface area contributed by atoms with Crippen LogP contribution in [0, 0.1) is 0 Å². The highest BCUT2D eigenvalue weighted by molar-refractivity contribution is 7.91. The molecule has 1 aromatic heterocycles. The zero-order valence-electron chi connectivity index (χ0n) is 17.0. The number of benzene rings is 2. The van der Waals surface area contributed by atoms with Crippen molar-refractivity contribution in [2.45, 2.75) is 4.90 Å². The normalized spacial score (nSPS) is 11.7. The van der Waals surface area contributed by atoms with Crippen LogP contribution >= 0.6 is 23.7 Å². The first-order valence-electron chi connectivity index (χ1n) is 9.04. The molecular weight excluding hydrogens is 442 g/mol. The largest absolute Gasteiger partial charge is 0.308 e. The highest BCUT2D eigenvalue weighted by Crippen LogP contribution is 2.32. The molecule has 1 amide bonds. The third-order valence-corrected chi connectivity index (χ3v) is 6.43. The fraction of sp³-hybridized carbons (Fsp3) is 0.238. The van der Waals surface area contributed by atoms with Crippen LogP contribution in [0.1, 0.15) is 5.56 Å². The Morgan fingerprint density at radius 3 is 2.40 bits per heavy atom. The molecule has 0 saturated heterocycles. The number of aromatic nitrogens is 1. The van der Waals surface area contributed by atoms with Crippen molar-refractivity contribution in [2.75, 3.05) is 38.3 Å². The lowest BCUT2D eigenvalue weighted by atomic mass is 10.2. The lowest BCUT2D eigenvalue weighted by Gasteiger charge is -2.20. The Morgan fingerprint density at radius 2 is 1.77 bits per heavy atom. The van der Waals surface area contributed by atoms with E-state index < -0.39 is 9.84 Å². The Labute approximate surface area is 187 Å². The molecule has 2 aromatic carbocycles. The molecule has 0 N–H and O–H groups in total. The lowest BCUT2D eigenvalue weighted by Crippen LogP contribution is -2.35. The molecule has 0 saturated carbocycles. The SMILES string of the molecule is CN(C)CCN(C(=O)C=Cc1ccccc1)c1nc2c(S(C)(=O)=O)cccc2s1.Cl. The van der Waals surface area contributed by atoms with Crippen molar-refractivity contribution in [1.29, 1.82) is 0 Å². The van der Waals surface area contributed by atoms with Gasteiger partial charge in [0.15, 0.2) is 15.0 Å². The number of fused-ring (bicyclic) bond motifs is 1. The van der Waals surface area contributed by atoms with E-state index >= 15 is 0 Å². The minimum Gasteiger partial charge on any atom is -0.308 e. The summed E-state index contributed by atoms with van der Waals surface area (Å²) in [6, 6.07) is 14.6. The number of hydrogen-bond acceptors (Lipinski definition) is 6. The third kappa shape index (κ3) is 5.89. The number of nitrogens with zero attached hydrogens (tertiary/aromatic N) is 3. The zero-order chi connectivity index (χ0) is 21.0. The van der Waals surface area contributed by atoms with Crippen molar-refractivity contribution < 1.29 is 13.2 Å². The first-order valence-corrected chi connectivity index (χ1v) is 11.8. The molecule has 3 aromatic rings. The Kier molecular flexibility index (Phi) is 8.14. The van der Waals surface area contributed by atoms with E-state index in [1.807, 2.05) is 55.4 Å². The van der Waals surface area contributed by atoms with Gasteiger partial charge in [0, 0.05) is 25.4 Å². The summed E-state index contributed by atoms with van der Waals surface area (Å²) >= 11 is 1.31. The molecule has 160 valence electrons. The molecule has 0 atom stereocenters. The summed E-state index contributed by atoms with van der Waals surface area (Å²) in [4.78, 5) is 21.2. The zero-order valence-corrected chi connectivity index (χ0v) is 19.4. The first-order chi connectivity index (χ1) is 13.8. The van der Waals surface area contributed by atoms with Gasteiger partial charge in [0.1, 0.15) is 5.52 Å². The molecule has 6 nitrogen and oxygen atoms in total. The van der Waals surface area contributed by atoms with Gasteiger partial charge in [-0.3, -0.25) is 9.69 Å². The number of hydrogen-bond donors (Lipinski definition) is 0. The number of thiazole rings is 1. The number of carbonyl (C=O) groups is 1. The van der Waals surface area contributed by atoms with Crippen LogP contribution in [0.15, 0.2) is 59.5 Å². The van der Waals surface area contributed by atoms with E-state index in [0.717, 1.165) is 10.3 Å². The van der Waals surface area contributed by atoms with E-state index in [2.05, 4.69) is 4.98 Å². The van der Waals surface area contributed by atoms with Gasteiger partial charge in [-0.15, -0.1) is 12.4 Å². The monoisotopic (exact) mass is 465 g/mol. The van der Waals surface area contributed by atoms with Gasteiger partial charge >= 0.3 is 0 Å². The van der Waals surface area contributed by atoms with Crippen molar-refractivity contribution in [3.8, 4) is 0 Å². The smallest absolute Gasteiger partial charge is 0.252 e. The summed E-state index contributed by atoms with van der Waals surface area (Å²) in [7, 11) is 0.451. The highest BCUT2D eigenvalue weighted by Gasteiger charge is 2.21. The number of amides is 1. The van der Waals surface area contributed by atoms with Crippen molar-refractivity contribution in [3.63, 3.8) is 0 Å². The van der Waals surface area contributed by atoms with Gasteiger partial charge in [-0.25, -0.2) is 13.4 Å². The molecule has 30 heavy (non-hydrogen) atoms. The number of carbonyl (C=O) groups excluding carboxylic acids is 1. The van der Waals surface area contributed by atoms with Crippen molar-refractivity contribution in [3.05, 3.63) is 60.2 Å². The van der Waals surface area contributed by atoms with E-state index in [1.165, 1.54) is 23.7 Å². The van der Waals surface area contributed by atoms with Crippen LogP contribution in [0.2, 0.25) is 0 Å². The van der Waals surface area contributed by atoms with Gasteiger partial charge in [0.05, 0.1) is 9.60 Å². The number of sulfone groups is 1. The molecule has 0 bridgehead atoms. The van der Waals surface area contributed by atoms with Crippen LogP contribution in [0.5, 0.6) is 0 Å². The molecule has 3 rings (SSSR count). The average molecular weight is 466 g/mol. The standard InChI is InChI=1S/C21H23N3O3S2.ClH/c1-23(2)14-15-24(19(25)13-12-16-8-5-4-6-9-16)21-22-20-17(28-21)10-7-11-18(20)29(3,26)27;/h4-13H,14-15H2,1-3H3;1H. The lowest BCUT2D eigenvalue weighted by molar-refractivity contribution is -0.114. The van der Waals surface area contributed by atoms with Crippen LogP contribution in [-0.2, 0) is 14.6 Å². The maximum Gasteiger partial charge on any atom is 0.252 e. The quantitative estimate of drug-likeness (QED) is 0.497. The van der Waals surface area contributed by atoms with Gasteiger partial charge in [-0.1, -0.05) is 47.7 Å². The van der Waals surface area contributed by atoms with Gasteiger partial charge < -0.3 is 4.90 Å². The Balaban J connectivity index is 0.00000320. The van der Waals surface area contributed by atoms with E-state index in [1.54, 1.807) is 23.1 Å². The van der Waals surface area contributed by atoms with Crippen LogP contribution in [-0.4, -0.2) is 57.6 Å². The van der Waals surface area contributed by atoms with Crippen LogP contribution in [0.25, 0.3) is 16.3 Å². The van der Waals surface area contributed by atoms with Crippen molar-refractivity contribution in [2.24, 2.45) is 0 Å². The molecule has 0 fully saturated rings. The van der Waals surface area contributed by atoms with Gasteiger partial charge in [-0.2, -0.15) is 0 Å². The molecule has 0 aliphatic carbocycles. The van der Waals surface area contributed by atoms with Crippen LogP contribution < -0.4 is 4.90 Å². The number of halogens is 1. The molecule has 0 aliphatic heterocycles. The van der Waals surface area contributed by atoms with E-state index in [0.29, 0.717) is 23.7 Å². The first kappa shape index (κ1) is 24.0. The Hall–Kier alpha value is -2.26. The van der Waals surface area contributed by atoms with Gasteiger partial charge in [0.2, 0.25) is 0 Å².